The first-order valence-electron chi connectivity index (χ1n) is 8.40. The molecule has 2 rings (SSSR count). The number of ether oxygens (including phenoxy) is 1. The van der Waals surface area contributed by atoms with Gasteiger partial charge < -0.3 is 10.1 Å². The monoisotopic (exact) mass is 480 g/mol. The highest BCUT2D eigenvalue weighted by Gasteiger charge is 2.21. The number of hydrogen-bond acceptors (Lipinski definition) is 5. The highest BCUT2D eigenvalue weighted by molar-refractivity contribution is 7.89. The molecule has 0 bridgehead atoms. The van der Waals surface area contributed by atoms with Crippen molar-refractivity contribution in [3.05, 3.63) is 58.1 Å². The van der Waals surface area contributed by atoms with E-state index in [9.17, 15) is 26.8 Å². The summed E-state index contributed by atoms with van der Waals surface area (Å²) >= 11 is 11.8. The first kappa shape index (κ1) is 24.0. The number of carbonyl (C=O) groups excluding carboxylic acids is 2. The lowest BCUT2D eigenvalue weighted by Gasteiger charge is -2.14. The Kier molecular flexibility index (Phi) is 8.13. The van der Waals surface area contributed by atoms with Gasteiger partial charge in [-0.1, -0.05) is 29.3 Å². The molecule has 1 amide bonds. The fraction of sp³-hybridized carbons (Fsp3) is 0.222. The van der Waals surface area contributed by atoms with Crippen LogP contribution in [-0.4, -0.2) is 32.9 Å². The van der Waals surface area contributed by atoms with E-state index < -0.39 is 51.0 Å². The van der Waals surface area contributed by atoms with E-state index in [1.165, 1.54) is 19.1 Å². The molecule has 12 heteroatoms. The van der Waals surface area contributed by atoms with Crippen LogP contribution < -0.4 is 10.0 Å². The Hall–Kier alpha value is -2.27. The van der Waals surface area contributed by atoms with Gasteiger partial charge in [0, 0.05) is 6.54 Å². The summed E-state index contributed by atoms with van der Waals surface area (Å²) in [6.07, 6.45) is -1.60. The number of sulfonamides is 1. The van der Waals surface area contributed by atoms with Gasteiger partial charge in [-0.2, -0.15) is 0 Å². The smallest absolute Gasteiger partial charge is 0.307 e. The van der Waals surface area contributed by atoms with Crippen LogP contribution >= 0.6 is 23.2 Å². The third-order valence-corrected chi connectivity index (χ3v) is 5.99. The van der Waals surface area contributed by atoms with Crippen molar-refractivity contribution < 1.29 is 31.5 Å². The van der Waals surface area contributed by atoms with Crippen molar-refractivity contribution in [2.75, 3.05) is 11.9 Å². The Morgan fingerprint density at radius 2 is 1.83 bits per heavy atom. The van der Waals surface area contributed by atoms with Crippen molar-refractivity contribution >= 4 is 50.8 Å². The summed E-state index contributed by atoms with van der Waals surface area (Å²) in [7, 11) is -4.16. The highest BCUT2D eigenvalue weighted by Crippen LogP contribution is 2.29. The van der Waals surface area contributed by atoms with Gasteiger partial charge in [-0.25, -0.2) is 21.9 Å². The number of halogens is 4. The summed E-state index contributed by atoms with van der Waals surface area (Å²) in [5.41, 5.74) is 0.233. The maximum absolute atomic E-state index is 13.2. The van der Waals surface area contributed by atoms with E-state index in [4.69, 9.17) is 27.9 Å². The number of rotatable bonds is 8. The Morgan fingerprint density at radius 3 is 2.50 bits per heavy atom. The molecule has 0 spiro atoms. The maximum atomic E-state index is 13.2. The molecule has 0 aromatic heterocycles. The topological polar surface area (TPSA) is 102 Å². The van der Waals surface area contributed by atoms with Crippen LogP contribution in [0, 0.1) is 11.6 Å². The van der Waals surface area contributed by atoms with Crippen molar-refractivity contribution in [3.8, 4) is 0 Å². The van der Waals surface area contributed by atoms with Crippen LogP contribution in [0.5, 0.6) is 0 Å². The van der Waals surface area contributed by atoms with E-state index in [0.29, 0.717) is 12.1 Å². The minimum absolute atomic E-state index is 0.123. The second-order valence-corrected chi connectivity index (χ2v) is 8.50. The largest absolute Gasteiger partial charge is 0.452 e. The van der Waals surface area contributed by atoms with Gasteiger partial charge in [0.05, 0.1) is 27.0 Å². The average Bonchev–Trinajstić information content (AvgIpc) is 2.67. The molecular formula is C18H16Cl2F2N2O5S. The fourth-order valence-corrected chi connectivity index (χ4v) is 3.55. The molecule has 2 aromatic rings. The van der Waals surface area contributed by atoms with E-state index in [0.717, 1.165) is 6.07 Å². The molecule has 0 saturated carbocycles. The van der Waals surface area contributed by atoms with Gasteiger partial charge in [-0.3, -0.25) is 9.59 Å². The first-order valence-corrected chi connectivity index (χ1v) is 10.6. The van der Waals surface area contributed by atoms with Gasteiger partial charge in [0.2, 0.25) is 10.0 Å². The van der Waals surface area contributed by atoms with Gasteiger partial charge in [-0.05, 0) is 37.3 Å². The number of nitrogens with one attached hydrogen (secondary N) is 2. The predicted molar refractivity (Wildman–Crippen MR) is 107 cm³/mol. The van der Waals surface area contributed by atoms with E-state index in [-0.39, 0.29) is 22.3 Å². The standard InChI is InChI=1S/C18H16Cl2F2N2O5S/c1-10(18(26)24-15-4-2-3-12(19)17(15)20)29-16(25)7-8-23-30(27,28)11-5-6-13(21)14(22)9-11/h2-6,9-10,23H,7-8H2,1H3,(H,24,26). The number of benzene rings is 2. The molecule has 7 nitrogen and oxygen atoms in total. The van der Waals surface area contributed by atoms with Crippen molar-refractivity contribution in [2.45, 2.75) is 24.3 Å². The van der Waals surface area contributed by atoms with Crippen LogP contribution in [0.1, 0.15) is 13.3 Å². The summed E-state index contributed by atoms with van der Waals surface area (Å²) in [4.78, 5) is 23.5. The Bertz CT molecular complexity index is 1070. The molecule has 0 radical (unpaired) electrons. The average molecular weight is 481 g/mol. The van der Waals surface area contributed by atoms with Crippen molar-refractivity contribution in [1.82, 2.24) is 4.72 Å². The Labute approximate surface area is 181 Å². The number of anilines is 1. The van der Waals surface area contributed by atoms with Crippen LogP contribution in [0.25, 0.3) is 0 Å². The summed E-state index contributed by atoms with van der Waals surface area (Å²) < 4.78 is 57.2. The van der Waals surface area contributed by atoms with Crippen LogP contribution in [0.15, 0.2) is 41.3 Å². The molecule has 0 fully saturated rings. The molecule has 162 valence electrons. The zero-order valence-electron chi connectivity index (χ0n) is 15.4. The zero-order chi connectivity index (χ0) is 22.5. The van der Waals surface area contributed by atoms with Gasteiger partial charge in [0.25, 0.3) is 5.91 Å². The van der Waals surface area contributed by atoms with Gasteiger partial charge in [0.15, 0.2) is 17.7 Å². The molecule has 0 heterocycles. The van der Waals surface area contributed by atoms with Gasteiger partial charge >= 0.3 is 5.97 Å². The summed E-state index contributed by atoms with van der Waals surface area (Å²) in [5.74, 6) is -4.04. The normalized spacial score (nSPS) is 12.3. The van der Waals surface area contributed by atoms with Crippen molar-refractivity contribution in [1.29, 1.82) is 0 Å². The number of carbonyl (C=O) groups is 2. The molecule has 1 atom stereocenters. The van der Waals surface area contributed by atoms with Crippen molar-refractivity contribution in [3.63, 3.8) is 0 Å². The van der Waals surface area contributed by atoms with Crippen molar-refractivity contribution in [2.24, 2.45) is 0 Å². The van der Waals surface area contributed by atoms with Crippen LogP contribution in [0.3, 0.4) is 0 Å². The lowest BCUT2D eigenvalue weighted by molar-refractivity contribution is -0.152. The van der Waals surface area contributed by atoms with E-state index in [1.54, 1.807) is 6.07 Å². The maximum Gasteiger partial charge on any atom is 0.307 e. The lowest BCUT2D eigenvalue weighted by Crippen LogP contribution is -2.32. The molecule has 0 saturated heterocycles. The highest BCUT2D eigenvalue weighted by atomic mass is 35.5. The fourth-order valence-electron chi connectivity index (χ4n) is 2.16. The minimum atomic E-state index is -4.16. The zero-order valence-corrected chi connectivity index (χ0v) is 17.7. The van der Waals surface area contributed by atoms with Gasteiger partial charge in [-0.15, -0.1) is 0 Å². The number of hydrogen-bond donors (Lipinski definition) is 2. The molecule has 2 N–H and O–H groups in total. The minimum Gasteiger partial charge on any atom is -0.452 e. The molecule has 2 aromatic carbocycles. The second-order valence-electron chi connectivity index (χ2n) is 5.95. The Balaban J connectivity index is 1.85. The summed E-state index contributed by atoms with van der Waals surface area (Å²) in [6.45, 7) is 0.936. The third-order valence-electron chi connectivity index (χ3n) is 3.71. The van der Waals surface area contributed by atoms with E-state index in [1.807, 2.05) is 0 Å². The molecule has 0 aliphatic heterocycles. The van der Waals surface area contributed by atoms with E-state index in [2.05, 4.69) is 10.0 Å². The molecule has 30 heavy (non-hydrogen) atoms. The van der Waals surface area contributed by atoms with Crippen LogP contribution in [-0.2, 0) is 24.3 Å². The summed E-state index contributed by atoms with van der Waals surface area (Å²) in [5, 5.41) is 2.81. The lowest BCUT2D eigenvalue weighted by atomic mass is 10.3. The molecule has 0 aliphatic carbocycles. The predicted octanol–water partition coefficient (Wildman–Crippen LogP) is 3.51. The van der Waals surface area contributed by atoms with E-state index >= 15 is 0 Å². The SMILES string of the molecule is CC(OC(=O)CCNS(=O)(=O)c1ccc(F)c(F)c1)C(=O)Nc1cccc(Cl)c1Cl. The summed E-state index contributed by atoms with van der Waals surface area (Å²) in [6, 6.07) is 6.68. The molecular weight excluding hydrogens is 465 g/mol. The number of esters is 1. The number of amides is 1. The third kappa shape index (κ3) is 6.36. The molecule has 1 unspecified atom stereocenters. The Morgan fingerprint density at radius 1 is 1.13 bits per heavy atom. The van der Waals surface area contributed by atoms with Crippen LogP contribution in [0.4, 0.5) is 14.5 Å². The quantitative estimate of drug-likeness (QED) is 0.562. The molecule has 0 aliphatic rings. The van der Waals surface area contributed by atoms with Crippen LogP contribution in [0.2, 0.25) is 10.0 Å². The second kappa shape index (κ2) is 10.2. The van der Waals surface area contributed by atoms with Gasteiger partial charge in [0.1, 0.15) is 0 Å². The first-order chi connectivity index (χ1) is 14.0.